The lowest BCUT2D eigenvalue weighted by Crippen LogP contribution is -2.28. The zero-order chi connectivity index (χ0) is 13.9. The van der Waals surface area contributed by atoms with Crippen LogP contribution in [-0.4, -0.2) is 18.0 Å². The second kappa shape index (κ2) is 5.16. The largest absolute Gasteiger partial charge is 0.469 e. The number of benzene rings is 1. The molecule has 0 spiro atoms. The summed E-state index contributed by atoms with van der Waals surface area (Å²) in [5, 5.41) is 11.0. The molecule has 18 heavy (non-hydrogen) atoms. The van der Waals surface area contributed by atoms with Gasteiger partial charge in [-0.3, -0.25) is 14.9 Å². The Morgan fingerprint density at radius 2 is 2.06 bits per heavy atom. The number of carbonyl (C=O) groups excluding carboxylic acids is 1. The van der Waals surface area contributed by atoms with Crippen LogP contribution in [0.1, 0.15) is 25.0 Å². The van der Waals surface area contributed by atoms with Gasteiger partial charge in [-0.25, -0.2) is 0 Å². The molecule has 0 unspecified atom stereocenters. The van der Waals surface area contributed by atoms with Gasteiger partial charge in [-0.2, -0.15) is 0 Å². The molecule has 1 aromatic rings. The van der Waals surface area contributed by atoms with Gasteiger partial charge in [-0.05, 0) is 32.8 Å². The first-order chi connectivity index (χ1) is 8.27. The number of hydrogen-bond donors (Lipinski definition) is 0. The highest BCUT2D eigenvalue weighted by atomic mass is 16.6. The van der Waals surface area contributed by atoms with Crippen molar-refractivity contribution < 1.29 is 14.5 Å². The molecule has 0 heterocycles. The van der Waals surface area contributed by atoms with Crippen LogP contribution in [0.15, 0.2) is 18.2 Å². The van der Waals surface area contributed by atoms with E-state index in [2.05, 4.69) is 0 Å². The van der Waals surface area contributed by atoms with Crippen molar-refractivity contribution in [2.45, 2.75) is 27.2 Å². The number of aryl methyl sites for hydroxylation is 1. The monoisotopic (exact) mass is 251 g/mol. The van der Waals surface area contributed by atoms with Gasteiger partial charge in [-0.1, -0.05) is 12.1 Å². The summed E-state index contributed by atoms with van der Waals surface area (Å²) < 4.78 is 4.70. The number of hydrogen-bond acceptors (Lipinski definition) is 4. The molecule has 0 atom stereocenters. The van der Waals surface area contributed by atoms with E-state index in [0.717, 1.165) is 5.56 Å². The van der Waals surface area contributed by atoms with Crippen LogP contribution in [0, 0.1) is 22.5 Å². The number of carbonyl (C=O) groups is 1. The molecule has 0 saturated carbocycles. The molecule has 5 heteroatoms. The maximum atomic E-state index is 11.6. The molecule has 0 amide bonds. The Kier molecular flexibility index (Phi) is 4.06. The standard InChI is InChI=1S/C13H17NO4/c1-9-5-6-10(11(7-9)14(16)17)8-13(2,3)12(15)18-4/h5-7H,8H2,1-4H3. The fourth-order valence-corrected chi connectivity index (χ4v) is 1.82. The van der Waals surface area contributed by atoms with Crippen molar-refractivity contribution in [1.82, 2.24) is 0 Å². The van der Waals surface area contributed by atoms with Gasteiger partial charge in [0.1, 0.15) is 0 Å². The van der Waals surface area contributed by atoms with Crippen molar-refractivity contribution in [2.24, 2.45) is 5.41 Å². The summed E-state index contributed by atoms with van der Waals surface area (Å²) in [6, 6.07) is 5.01. The molecule has 0 radical (unpaired) electrons. The summed E-state index contributed by atoms with van der Waals surface area (Å²) >= 11 is 0. The van der Waals surface area contributed by atoms with Crippen LogP contribution >= 0.6 is 0 Å². The van der Waals surface area contributed by atoms with Crippen LogP contribution in [-0.2, 0) is 16.0 Å². The quantitative estimate of drug-likeness (QED) is 0.468. The van der Waals surface area contributed by atoms with E-state index in [1.165, 1.54) is 13.2 Å². The maximum absolute atomic E-state index is 11.6. The van der Waals surface area contributed by atoms with Gasteiger partial charge in [-0.15, -0.1) is 0 Å². The SMILES string of the molecule is COC(=O)C(C)(C)Cc1ccc(C)cc1[N+](=O)[O-]. The van der Waals surface area contributed by atoms with E-state index in [0.29, 0.717) is 5.56 Å². The molecule has 0 N–H and O–H groups in total. The van der Waals surface area contributed by atoms with Crippen LogP contribution in [0.4, 0.5) is 5.69 Å². The van der Waals surface area contributed by atoms with E-state index in [9.17, 15) is 14.9 Å². The average molecular weight is 251 g/mol. The van der Waals surface area contributed by atoms with Gasteiger partial charge in [0.25, 0.3) is 5.69 Å². The van der Waals surface area contributed by atoms with Crippen molar-refractivity contribution in [1.29, 1.82) is 0 Å². The van der Waals surface area contributed by atoms with E-state index in [-0.39, 0.29) is 18.1 Å². The van der Waals surface area contributed by atoms with Crippen LogP contribution in [0.5, 0.6) is 0 Å². The van der Waals surface area contributed by atoms with Gasteiger partial charge < -0.3 is 4.74 Å². The maximum Gasteiger partial charge on any atom is 0.311 e. The summed E-state index contributed by atoms with van der Waals surface area (Å²) in [6.07, 6.45) is 0.274. The first-order valence-corrected chi connectivity index (χ1v) is 5.60. The molecule has 0 aliphatic heterocycles. The van der Waals surface area contributed by atoms with Crippen LogP contribution in [0.3, 0.4) is 0 Å². The fourth-order valence-electron chi connectivity index (χ4n) is 1.82. The van der Waals surface area contributed by atoms with Crippen LogP contribution in [0.25, 0.3) is 0 Å². The Labute approximate surface area is 106 Å². The lowest BCUT2D eigenvalue weighted by atomic mass is 9.85. The average Bonchev–Trinajstić information content (AvgIpc) is 2.29. The summed E-state index contributed by atoms with van der Waals surface area (Å²) in [6.45, 7) is 5.22. The molecule has 0 fully saturated rings. The minimum atomic E-state index is -0.783. The number of nitrogens with zero attached hydrogens (tertiary/aromatic N) is 1. The Morgan fingerprint density at radius 1 is 1.44 bits per heavy atom. The first kappa shape index (κ1) is 14.2. The molecule has 0 saturated heterocycles. The van der Waals surface area contributed by atoms with Crippen molar-refractivity contribution in [2.75, 3.05) is 7.11 Å². The normalized spacial score (nSPS) is 11.1. The number of esters is 1. The topological polar surface area (TPSA) is 69.4 Å². The fraction of sp³-hybridized carbons (Fsp3) is 0.462. The third kappa shape index (κ3) is 3.06. The van der Waals surface area contributed by atoms with E-state index in [4.69, 9.17) is 4.74 Å². The highest BCUT2D eigenvalue weighted by Crippen LogP contribution is 2.29. The summed E-state index contributed by atoms with van der Waals surface area (Å²) in [5.74, 6) is -0.377. The molecule has 0 bridgehead atoms. The Bertz CT molecular complexity index is 480. The number of nitro benzene ring substituents is 1. The highest BCUT2D eigenvalue weighted by molar-refractivity contribution is 5.76. The summed E-state index contributed by atoms with van der Waals surface area (Å²) in [4.78, 5) is 22.2. The third-order valence-electron chi connectivity index (χ3n) is 2.81. The van der Waals surface area contributed by atoms with Gasteiger partial charge >= 0.3 is 5.97 Å². The van der Waals surface area contributed by atoms with Crippen molar-refractivity contribution in [3.63, 3.8) is 0 Å². The second-order valence-electron chi connectivity index (χ2n) is 4.94. The van der Waals surface area contributed by atoms with Crippen LogP contribution in [0.2, 0.25) is 0 Å². The van der Waals surface area contributed by atoms with E-state index in [1.807, 2.05) is 0 Å². The molecule has 98 valence electrons. The smallest absolute Gasteiger partial charge is 0.311 e. The van der Waals surface area contributed by atoms with E-state index in [1.54, 1.807) is 32.9 Å². The molecule has 5 nitrogen and oxygen atoms in total. The lowest BCUT2D eigenvalue weighted by molar-refractivity contribution is -0.385. The first-order valence-electron chi connectivity index (χ1n) is 5.60. The third-order valence-corrected chi connectivity index (χ3v) is 2.81. The Balaban J connectivity index is 3.11. The van der Waals surface area contributed by atoms with Gasteiger partial charge in [0, 0.05) is 11.6 Å². The lowest BCUT2D eigenvalue weighted by Gasteiger charge is -2.21. The minimum absolute atomic E-state index is 0.0481. The zero-order valence-corrected chi connectivity index (χ0v) is 11.0. The second-order valence-corrected chi connectivity index (χ2v) is 4.94. The Morgan fingerprint density at radius 3 is 2.56 bits per heavy atom. The van der Waals surface area contributed by atoms with Crippen molar-refractivity contribution >= 4 is 11.7 Å². The van der Waals surface area contributed by atoms with Crippen LogP contribution < -0.4 is 0 Å². The number of rotatable bonds is 4. The number of methoxy groups -OCH3 is 1. The minimum Gasteiger partial charge on any atom is -0.469 e. The Hall–Kier alpha value is -1.91. The molecule has 0 aliphatic rings. The predicted molar refractivity (Wildman–Crippen MR) is 67.3 cm³/mol. The molecular weight excluding hydrogens is 234 g/mol. The highest BCUT2D eigenvalue weighted by Gasteiger charge is 2.31. The number of nitro groups is 1. The number of ether oxygens (including phenoxy) is 1. The van der Waals surface area contributed by atoms with Gasteiger partial charge in [0.05, 0.1) is 17.4 Å². The molecule has 0 aliphatic carbocycles. The molecule has 1 aromatic carbocycles. The predicted octanol–water partition coefficient (Wildman–Crippen LogP) is 2.64. The van der Waals surface area contributed by atoms with Crippen molar-refractivity contribution in [3.8, 4) is 0 Å². The van der Waals surface area contributed by atoms with Crippen molar-refractivity contribution in [3.05, 3.63) is 39.4 Å². The summed E-state index contributed by atoms with van der Waals surface area (Å²) in [5.41, 5.74) is 0.628. The zero-order valence-electron chi connectivity index (χ0n) is 11.0. The van der Waals surface area contributed by atoms with Gasteiger partial charge in [0.2, 0.25) is 0 Å². The molecular formula is C13H17NO4. The molecule has 0 aromatic heterocycles. The van der Waals surface area contributed by atoms with E-state index >= 15 is 0 Å². The van der Waals surface area contributed by atoms with E-state index < -0.39 is 10.3 Å². The van der Waals surface area contributed by atoms with Gasteiger partial charge in [0.15, 0.2) is 0 Å². The molecule has 1 rings (SSSR count). The summed E-state index contributed by atoms with van der Waals surface area (Å²) in [7, 11) is 1.31.